The summed E-state index contributed by atoms with van der Waals surface area (Å²) in [7, 11) is 0. The molecule has 0 aromatic heterocycles. The van der Waals surface area contributed by atoms with Crippen LogP contribution in [-0.4, -0.2) is 35.8 Å². The van der Waals surface area contributed by atoms with Crippen molar-refractivity contribution in [2.75, 3.05) is 6.61 Å². The number of ether oxygens (including phenoxy) is 1. The molecule has 0 aliphatic carbocycles. The molecule has 0 aliphatic heterocycles. The first-order valence-corrected chi connectivity index (χ1v) is 4.58. The summed E-state index contributed by atoms with van der Waals surface area (Å²) in [6, 6.07) is 0. The van der Waals surface area contributed by atoms with E-state index in [2.05, 4.69) is 4.74 Å². The highest BCUT2D eigenvalue weighted by Gasteiger charge is 2.56. The van der Waals surface area contributed by atoms with Gasteiger partial charge in [0.05, 0.1) is 6.61 Å². The summed E-state index contributed by atoms with van der Waals surface area (Å²) >= 11 is 0. The topological polar surface area (TPSA) is 63.6 Å². The van der Waals surface area contributed by atoms with Crippen LogP contribution in [0.2, 0.25) is 0 Å². The molecular weight excluding hydrogens is 267 g/mol. The van der Waals surface area contributed by atoms with Gasteiger partial charge in [0.15, 0.2) is 0 Å². The van der Waals surface area contributed by atoms with Crippen LogP contribution in [0.1, 0.15) is 12.8 Å². The SMILES string of the molecule is O=C(O)/C=C/C(=O)OCCCC(F)(F)C(F)(F)F. The number of halogens is 5. The number of rotatable bonds is 6. The van der Waals surface area contributed by atoms with Gasteiger partial charge in [0.25, 0.3) is 0 Å². The number of esters is 1. The van der Waals surface area contributed by atoms with Crippen LogP contribution >= 0.6 is 0 Å². The molecule has 1 N–H and O–H groups in total. The van der Waals surface area contributed by atoms with E-state index in [-0.39, 0.29) is 0 Å². The number of hydrogen-bond donors (Lipinski definition) is 1. The van der Waals surface area contributed by atoms with Gasteiger partial charge in [0, 0.05) is 18.6 Å². The van der Waals surface area contributed by atoms with Gasteiger partial charge < -0.3 is 9.84 Å². The summed E-state index contributed by atoms with van der Waals surface area (Å²) in [4.78, 5) is 20.6. The van der Waals surface area contributed by atoms with Crippen LogP contribution in [0.4, 0.5) is 22.0 Å². The molecule has 18 heavy (non-hydrogen) atoms. The Bertz CT molecular complexity index is 334. The minimum atomic E-state index is -5.64. The molecule has 0 amide bonds. The quantitative estimate of drug-likeness (QED) is 0.349. The van der Waals surface area contributed by atoms with Crippen molar-refractivity contribution in [1.29, 1.82) is 0 Å². The average Bonchev–Trinajstić information content (AvgIpc) is 2.19. The van der Waals surface area contributed by atoms with Crippen molar-refractivity contribution in [3.05, 3.63) is 12.2 Å². The van der Waals surface area contributed by atoms with Crippen LogP contribution in [0.5, 0.6) is 0 Å². The molecule has 0 heterocycles. The van der Waals surface area contributed by atoms with Crippen LogP contribution in [0, 0.1) is 0 Å². The molecule has 0 bridgehead atoms. The second-order valence-corrected chi connectivity index (χ2v) is 3.14. The van der Waals surface area contributed by atoms with Crippen LogP contribution in [-0.2, 0) is 14.3 Å². The van der Waals surface area contributed by atoms with E-state index < -0.39 is 43.5 Å². The van der Waals surface area contributed by atoms with E-state index in [0.717, 1.165) is 0 Å². The Morgan fingerprint density at radius 1 is 1.11 bits per heavy atom. The van der Waals surface area contributed by atoms with E-state index >= 15 is 0 Å². The Kier molecular flexibility index (Phi) is 5.73. The lowest BCUT2D eigenvalue weighted by atomic mass is 10.2. The third-order valence-electron chi connectivity index (χ3n) is 1.66. The fourth-order valence-corrected chi connectivity index (χ4v) is 0.796. The highest BCUT2D eigenvalue weighted by molar-refractivity contribution is 5.90. The van der Waals surface area contributed by atoms with E-state index in [1.165, 1.54) is 0 Å². The van der Waals surface area contributed by atoms with Gasteiger partial charge in [-0.3, -0.25) is 0 Å². The van der Waals surface area contributed by atoms with Crippen molar-refractivity contribution >= 4 is 11.9 Å². The van der Waals surface area contributed by atoms with Crippen molar-refractivity contribution in [2.24, 2.45) is 0 Å². The lowest BCUT2D eigenvalue weighted by Gasteiger charge is -2.18. The normalized spacial score (nSPS) is 12.7. The summed E-state index contributed by atoms with van der Waals surface area (Å²) in [6.45, 7) is -0.658. The number of aliphatic carboxylic acids is 1. The van der Waals surface area contributed by atoms with Gasteiger partial charge in [-0.2, -0.15) is 22.0 Å². The van der Waals surface area contributed by atoms with E-state index in [1.54, 1.807) is 0 Å². The molecule has 9 heteroatoms. The standard InChI is InChI=1S/C9H9F5O4/c10-8(11,9(12,13)14)4-1-5-18-7(17)3-2-6(15)16/h2-3H,1,4-5H2,(H,15,16)/b3-2+. The van der Waals surface area contributed by atoms with Crippen molar-refractivity contribution in [1.82, 2.24) is 0 Å². The summed E-state index contributed by atoms with van der Waals surface area (Å²) in [6.07, 6.45) is -6.87. The van der Waals surface area contributed by atoms with E-state index in [9.17, 15) is 31.5 Å². The maximum atomic E-state index is 12.4. The summed E-state index contributed by atoms with van der Waals surface area (Å²) < 4.78 is 64.0. The van der Waals surface area contributed by atoms with Crippen LogP contribution in [0.25, 0.3) is 0 Å². The molecule has 0 atom stereocenters. The molecule has 0 saturated heterocycles. The van der Waals surface area contributed by atoms with Crippen molar-refractivity contribution in [2.45, 2.75) is 24.9 Å². The first-order valence-electron chi connectivity index (χ1n) is 4.58. The smallest absolute Gasteiger partial charge is 0.453 e. The first kappa shape index (κ1) is 16.3. The molecule has 0 spiro atoms. The zero-order valence-corrected chi connectivity index (χ0v) is 8.84. The number of hydrogen-bond acceptors (Lipinski definition) is 3. The van der Waals surface area contributed by atoms with E-state index in [4.69, 9.17) is 5.11 Å². The van der Waals surface area contributed by atoms with Gasteiger partial charge in [0.1, 0.15) is 0 Å². The third-order valence-corrected chi connectivity index (χ3v) is 1.66. The summed E-state index contributed by atoms with van der Waals surface area (Å²) in [5.41, 5.74) is 0. The Hall–Kier alpha value is -1.67. The molecule has 0 radical (unpaired) electrons. The van der Waals surface area contributed by atoms with Crippen molar-refractivity contribution < 1.29 is 41.4 Å². The minimum absolute atomic E-state index is 0.451. The number of carboxylic acid groups (broad SMARTS) is 1. The number of carbonyl (C=O) groups excluding carboxylic acids is 1. The number of carboxylic acids is 1. The third kappa shape index (κ3) is 6.16. The molecular formula is C9H9F5O4. The average molecular weight is 276 g/mol. The van der Waals surface area contributed by atoms with Crippen molar-refractivity contribution in [3.8, 4) is 0 Å². The molecule has 4 nitrogen and oxygen atoms in total. The molecule has 0 unspecified atom stereocenters. The maximum Gasteiger partial charge on any atom is 0.453 e. The predicted octanol–water partition coefficient (Wildman–Crippen LogP) is 2.15. The highest BCUT2D eigenvalue weighted by Crippen LogP contribution is 2.38. The van der Waals surface area contributed by atoms with E-state index in [1.807, 2.05) is 0 Å². The van der Waals surface area contributed by atoms with Gasteiger partial charge in [0.2, 0.25) is 0 Å². The van der Waals surface area contributed by atoms with Gasteiger partial charge in [-0.1, -0.05) is 0 Å². The first-order chi connectivity index (χ1) is 8.06. The lowest BCUT2D eigenvalue weighted by Crippen LogP contribution is -2.36. The summed E-state index contributed by atoms with van der Waals surface area (Å²) in [5.74, 6) is -7.39. The maximum absolute atomic E-state index is 12.4. The van der Waals surface area contributed by atoms with Gasteiger partial charge in [-0.15, -0.1) is 0 Å². The lowest BCUT2D eigenvalue weighted by molar-refractivity contribution is -0.284. The molecule has 0 rings (SSSR count). The van der Waals surface area contributed by atoms with Gasteiger partial charge in [-0.05, 0) is 6.42 Å². The largest absolute Gasteiger partial charge is 0.478 e. The van der Waals surface area contributed by atoms with Crippen LogP contribution in [0.3, 0.4) is 0 Å². The van der Waals surface area contributed by atoms with Crippen molar-refractivity contribution in [3.63, 3.8) is 0 Å². The zero-order chi connectivity index (χ0) is 14.4. The molecule has 104 valence electrons. The van der Waals surface area contributed by atoms with Gasteiger partial charge >= 0.3 is 24.0 Å². The Morgan fingerprint density at radius 3 is 2.11 bits per heavy atom. The molecule has 0 aliphatic rings. The highest BCUT2D eigenvalue weighted by atomic mass is 19.4. The molecule has 0 aromatic carbocycles. The summed E-state index contributed by atoms with van der Waals surface area (Å²) in [5, 5.41) is 8.11. The Balaban J connectivity index is 3.95. The zero-order valence-electron chi connectivity index (χ0n) is 8.84. The second kappa shape index (κ2) is 6.31. The fraction of sp³-hybridized carbons (Fsp3) is 0.556. The molecule has 0 fully saturated rings. The second-order valence-electron chi connectivity index (χ2n) is 3.14. The van der Waals surface area contributed by atoms with Crippen LogP contribution in [0.15, 0.2) is 12.2 Å². The minimum Gasteiger partial charge on any atom is -0.478 e. The fourth-order valence-electron chi connectivity index (χ4n) is 0.796. The van der Waals surface area contributed by atoms with E-state index in [0.29, 0.717) is 12.2 Å². The number of alkyl halides is 5. The molecule has 0 saturated carbocycles. The Labute approximate surface area is 98.0 Å². The monoisotopic (exact) mass is 276 g/mol. The number of carbonyl (C=O) groups is 2. The Morgan fingerprint density at radius 2 is 1.67 bits per heavy atom. The van der Waals surface area contributed by atoms with Crippen LogP contribution < -0.4 is 0 Å². The van der Waals surface area contributed by atoms with Gasteiger partial charge in [-0.25, -0.2) is 9.59 Å². The predicted molar refractivity (Wildman–Crippen MR) is 48.0 cm³/mol. The molecule has 0 aromatic rings.